The summed E-state index contributed by atoms with van der Waals surface area (Å²) < 4.78 is 22.1. The van der Waals surface area contributed by atoms with Gasteiger partial charge < -0.3 is 24.3 Å². The van der Waals surface area contributed by atoms with Gasteiger partial charge >= 0.3 is 11.9 Å². The maximum absolute atomic E-state index is 14.5. The number of rotatable bonds is 10. The number of carbonyl (C=O) groups is 3. The third kappa shape index (κ3) is 5.45. The quantitative estimate of drug-likeness (QED) is 0.314. The van der Waals surface area contributed by atoms with Crippen LogP contribution < -0.4 is 14.8 Å². The molecule has 208 valence electrons. The molecular formula is C30H35NO7S. The first-order valence-electron chi connectivity index (χ1n) is 13.3. The molecule has 0 saturated carbocycles. The molecule has 1 aliphatic carbocycles. The Balaban J connectivity index is 1.99. The number of carbonyl (C=O) groups excluding carboxylic acids is 3. The van der Waals surface area contributed by atoms with Gasteiger partial charge in [0.15, 0.2) is 5.78 Å². The van der Waals surface area contributed by atoms with E-state index in [2.05, 4.69) is 5.32 Å². The minimum atomic E-state index is -1.04. The van der Waals surface area contributed by atoms with Gasteiger partial charge in [0.2, 0.25) is 0 Å². The number of Topliss-reactive ketones (excluding diaryl/α,β-unsaturated/α-hetero) is 1. The first-order chi connectivity index (χ1) is 18.9. The molecule has 1 aliphatic heterocycles. The summed E-state index contributed by atoms with van der Waals surface area (Å²) in [4.78, 5) is 42.3. The van der Waals surface area contributed by atoms with E-state index in [0.717, 1.165) is 11.3 Å². The lowest BCUT2D eigenvalue weighted by atomic mass is 9.68. The number of nitrogens with one attached hydrogen (secondary N) is 1. The second-order valence-electron chi connectivity index (χ2n) is 9.34. The third-order valence-corrected chi connectivity index (χ3v) is 8.10. The molecule has 1 N–H and O–H groups in total. The van der Waals surface area contributed by atoms with Crippen LogP contribution in [0.25, 0.3) is 0 Å². The highest BCUT2D eigenvalue weighted by molar-refractivity contribution is 7.10. The van der Waals surface area contributed by atoms with Crippen molar-refractivity contribution in [3.8, 4) is 11.5 Å². The first-order valence-corrected chi connectivity index (χ1v) is 14.1. The van der Waals surface area contributed by atoms with Crippen LogP contribution in [0.4, 0.5) is 0 Å². The number of thiophene rings is 1. The zero-order valence-electron chi connectivity index (χ0n) is 23.0. The number of ketones is 1. The molecular weight excluding hydrogens is 518 g/mol. The van der Waals surface area contributed by atoms with Crippen LogP contribution in [0.1, 0.15) is 62.3 Å². The number of ether oxygens (including phenoxy) is 4. The topological polar surface area (TPSA) is 100 Å². The van der Waals surface area contributed by atoms with Crippen LogP contribution in [-0.2, 0) is 23.9 Å². The molecule has 39 heavy (non-hydrogen) atoms. The van der Waals surface area contributed by atoms with Crippen LogP contribution in [0.15, 0.2) is 58.3 Å². The largest absolute Gasteiger partial charge is 0.497 e. The Morgan fingerprint density at radius 1 is 1.05 bits per heavy atom. The maximum Gasteiger partial charge on any atom is 0.336 e. The number of methoxy groups -OCH3 is 2. The Kier molecular flexibility index (Phi) is 9.12. The van der Waals surface area contributed by atoms with Gasteiger partial charge in [-0.05, 0) is 56.3 Å². The van der Waals surface area contributed by atoms with Crippen molar-refractivity contribution in [3.63, 3.8) is 0 Å². The van der Waals surface area contributed by atoms with E-state index in [1.165, 1.54) is 11.3 Å². The fourth-order valence-electron chi connectivity index (χ4n) is 5.49. The van der Waals surface area contributed by atoms with E-state index >= 15 is 0 Å². The molecule has 0 saturated heterocycles. The second kappa shape index (κ2) is 12.5. The van der Waals surface area contributed by atoms with Gasteiger partial charge in [-0.2, -0.15) is 0 Å². The summed E-state index contributed by atoms with van der Waals surface area (Å²) in [6.45, 7) is 5.83. The summed E-state index contributed by atoms with van der Waals surface area (Å²) >= 11 is 1.51. The molecule has 2 aliphatic rings. The third-order valence-electron chi connectivity index (χ3n) is 7.10. The van der Waals surface area contributed by atoms with Gasteiger partial charge in [-0.25, -0.2) is 4.79 Å². The molecule has 0 unspecified atom stereocenters. The van der Waals surface area contributed by atoms with Crippen LogP contribution >= 0.6 is 11.3 Å². The lowest BCUT2D eigenvalue weighted by Crippen LogP contribution is -2.43. The van der Waals surface area contributed by atoms with Gasteiger partial charge in [0, 0.05) is 33.3 Å². The van der Waals surface area contributed by atoms with Crippen molar-refractivity contribution in [2.24, 2.45) is 5.92 Å². The lowest BCUT2D eigenvalue weighted by Gasteiger charge is -2.40. The van der Waals surface area contributed by atoms with Crippen LogP contribution in [-0.4, -0.2) is 45.2 Å². The van der Waals surface area contributed by atoms with E-state index in [0.29, 0.717) is 52.4 Å². The number of allylic oxidation sites excluding steroid dienone is 3. The Labute approximate surface area is 233 Å². The van der Waals surface area contributed by atoms with Gasteiger partial charge in [-0.15, -0.1) is 11.3 Å². The Bertz CT molecular complexity index is 1290. The van der Waals surface area contributed by atoms with Gasteiger partial charge in [0.25, 0.3) is 0 Å². The van der Waals surface area contributed by atoms with E-state index in [1.807, 2.05) is 24.4 Å². The van der Waals surface area contributed by atoms with Crippen LogP contribution in [0.3, 0.4) is 0 Å². The highest BCUT2D eigenvalue weighted by Gasteiger charge is 2.50. The molecule has 0 fully saturated rings. The van der Waals surface area contributed by atoms with Crippen LogP contribution in [0, 0.1) is 5.92 Å². The molecule has 3 atom stereocenters. The summed E-state index contributed by atoms with van der Waals surface area (Å²) in [6.07, 6.45) is 1.76. The van der Waals surface area contributed by atoms with Gasteiger partial charge in [0.1, 0.15) is 17.4 Å². The minimum Gasteiger partial charge on any atom is -0.497 e. The zero-order valence-corrected chi connectivity index (χ0v) is 23.8. The highest BCUT2D eigenvalue weighted by atomic mass is 32.1. The molecule has 0 amide bonds. The molecule has 9 heteroatoms. The number of esters is 2. The standard InChI is InChI=1S/C30H35NO7S/c1-6-10-20-27(30(34)38-8-3)24(18-15-17(35-4)12-13-22(18)36-5)26-21(31-20)16-19(23-11-9-14-39-23)25(28(26)32)29(33)37-7-2/h9,11-15,19,24-25,31H,6-8,10,16H2,1-5H3/t19-,24-,25+/m1/s1. The molecule has 8 nitrogen and oxygen atoms in total. The fraction of sp³-hybridized carbons (Fsp3) is 0.433. The second-order valence-corrected chi connectivity index (χ2v) is 10.3. The Hall–Kier alpha value is -3.59. The molecule has 2 aromatic rings. The zero-order chi connectivity index (χ0) is 28.1. The molecule has 0 spiro atoms. The van der Waals surface area contributed by atoms with E-state index in [1.54, 1.807) is 46.3 Å². The molecule has 1 aromatic heterocycles. The molecule has 2 heterocycles. The number of hydrogen-bond acceptors (Lipinski definition) is 9. The van der Waals surface area contributed by atoms with E-state index < -0.39 is 23.8 Å². The van der Waals surface area contributed by atoms with Crippen molar-refractivity contribution in [3.05, 3.63) is 68.7 Å². The van der Waals surface area contributed by atoms with Crippen molar-refractivity contribution in [1.82, 2.24) is 5.32 Å². The van der Waals surface area contributed by atoms with E-state index in [-0.39, 0.29) is 24.9 Å². The fourth-order valence-corrected chi connectivity index (χ4v) is 6.36. The van der Waals surface area contributed by atoms with Crippen molar-refractivity contribution < 1.29 is 33.3 Å². The van der Waals surface area contributed by atoms with Crippen molar-refractivity contribution in [1.29, 1.82) is 0 Å². The van der Waals surface area contributed by atoms with Gasteiger partial charge in [-0.3, -0.25) is 9.59 Å². The summed E-state index contributed by atoms with van der Waals surface area (Å²) in [5.74, 6) is -2.66. The average molecular weight is 554 g/mol. The smallest absolute Gasteiger partial charge is 0.336 e. The Morgan fingerprint density at radius 3 is 2.44 bits per heavy atom. The highest BCUT2D eigenvalue weighted by Crippen LogP contribution is 2.51. The van der Waals surface area contributed by atoms with Gasteiger partial charge in [-0.1, -0.05) is 19.4 Å². The molecule has 0 radical (unpaired) electrons. The van der Waals surface area contributed by atoms with Crippen molar-refractivity contribution in [2.45, 2.75) is 51.9 Å². The van der Waals surface area contributed by atoms with E-state index in [9.17, 15) is 14.4 Å². The normalized spacial score (nSPS) is 20.7. The van der Waals surface area contributed by atoms with E-state index in [4.69, 9.17) is 18.9 Å². The Morgan fingerprint density at radius 2 is 1.82 bits per heavy atom. The van der Waals surface area contributed by atoms with Crippen molar-refractivity contribution >= 4 is 29.1 Å². The predicted octanol–water partition coefficient (Wildman–Crippen LogP) is 5.26. The molecule has 1 aromatic carbocycles. The SMILES string of the molecule is CCCC1=C(C(=O)OCC)[C@H](c2cc(OC)ccc2OC)C2=C(C[C@H](c3cccs3)[C@H](C(=O)OCC)C2=O)N1. The average Bonchev–Trinajstić information content (AvgIpc) is 3.47. The first kappa shape index (κ1) is 28.4. The summed E-state index contributed by atoms with van der Waals surface area (Å²) in [7, 11) is 3.09. The van der Waals surface area contributed by atoms with Gasteiger partial charge in [0.05, 0.1) is 38.9 Å². The van der Waals surface area contributed by atoms with Crippen molar-refractivity contribution in [2.75, 3.05) is 27.4 Å². The summed E-state index contributed by atoms with van der Waals surface area (Å²) in [6, 6.07) is 9.15. The lowest BCUT2D eigenvalue weighted by molar-refractivity contribution is -0.152. The number of dihydropyridines is 1. The summed E-state index contributed by atoms with van der Waals surface area (Å²) in [5, 5.41) is 5.38. The minimum absolute atomic E-state index is 0.158. The maximum atomic E-state index is 14.5. The number of benzene rings is 1. The number of hydrogen-bond donors (Lipinski definition) is 1. The predicted molar refractivity (Wildman–Crippen MR) is 148 cm³/mol. The molecule has 4 rings (SSSR count). The summed E-state index contributed by atoms with van der Waals surface area (Å²) in [5.41, 5.74) is 2.69. The monoisotopic (exact) mass is 553 g/mol. The molecule has 0 bridgehead atoms. The van der Waals surface area contributed by atoms with Crippen LogP contribution in [0.2, 0.25) is 0 Å². The van der Waals surface area contributed by atoms with Crippen LogP contribution in [0.5, 0.6) is 11.5 Å².